The molecule has 4 rings (SSSR count). The molecule has 0 radical (unpaired) electrons. The van der Waals surface area contributed by atoms with E-state index in [2.05, 4.69) is 18.4 Å². The lowest BCUT2D eigenvalue weighted by Crippen LogP contribution is -2.50. The third kappa shape index (κ3) is 5.01. The summed E-state index contributed by atoms with van der Waals surface area (Å²) in [5.41, 5.74) is 2.37. The van der Waals surface area contributed by atoms with Crippen molar-refractivity contribution in [3.05, 3.63) is 51.7 Å². The monoisotopic (exact) mass is 454 g/mol. The van der Waals surface area contributed by atoms with Gasteiger partial charge in [0.05, 0.1) is 6.04 Å². The fraction of sp³-hybridized carbons (Fsp3) is 0.538. The summed E-state index contributed by atoms with van der Waals surface area (Å²) in [6, 6.07) is 10.0. The highest BCUT2D eigenvalue weighted by Gasteiger charge is 2.35. The minimum Gasteiger partial charge on any atom is -0.491 e. The number of fused-ring (bicyclic) bond motifs is 1. The molecule has 1 unspecified atom stereocenters. The maximum absolute atomic E-state index is 13.5. The van der Waals surface area contributed by atoms with Crippen molar-refractivity contribution in [3.63, 3.8) is 0 Å². The average molecular weight is 455 g/mol. The third-order valence-corrected chi connectivity index (χ3v) is 7.76. The summed E-state index contributed by atoms with van der Waals surface area (Å²) in [6.45, 7) is 7.29. The van der Waals surface area contributed by atoms with Crippen molar-refractivity contribution in [2.45, 2.75) is 65.0 Å². The molecule has 0 bridgehead atoms. The highest BCUT2D eigenvalue weighted by atomic mass is 32.1. The second-order valence-corrected chi connectivity index (χ2v) is 10.3. The second-order valence-electron chi connectivity index (χ2n) is 9.32. The molecule has 2 heterocycles. The Morgan fingerprint density at radius 3 is 2.56 bits per heavy atom. The highest BCUT2D eigenvalue weighted by Crippen LogP contribution is 2.34. The van der Waals surface area contributed by atoms with Gasteiger partial charge in [0.1, 0.15) is 18.9 Å². The summed E-state index contributed by atoms with van der Waals surface area (Å²) in [6.07, 6.45) is 4.98. The lowest BCUT2D eigenvalue weighted by atomic mass is 10.00. The van der Waals surface area contributed by atoms with E-state index in [1.807, 2.05) is 43.0 Å². The quantitative estimate of drug-likeness (QED) is 0.592. The van der Waals surface area contributed by atoms with Gasteiger partial charge in [-0.25, -0.2) is 0 Å². The van der Waals surface area contributed by atoms with E-state index in [1.54, 1.807) is 16.2 Å². The molecule has 32 heavy (non-hydrogen) atoms. The van der Waals surface area contributed by atoms with Crippen LogP contribution < -0.4 is 4.74 Å². The molecule has 0 N–H and O–H groups in total. The molecule has 6 heteroatoms. The van der Waals surface area contributed by atoms with Crippen LogP contribution in [-0.4, -0.2) is 47.4 Å². The van der Waals surface area contributed by atoms with Crippen molar-refractivity contribution in [3.8, 4) is 5.75 Å². The molecule has 1 atom stereocenters. The number of benzene rings is 1. The number of carbonyl (C=O) groups excluding carboxylic acids is 2. The van der Waals surface area contributed by atoms with Crippen LogP contribution in [0.25, 0.3) is 0 Å². The van der Waals surface area contributed by atoms with Gasteiger partial charge in [0.25, 0.3) is 0 Å². The number of hydrogen-bond acceptors (Lipinski definition) is 4. The molecule has 1 aliphatic carbocycles. The standard InChI is InChI=1S/C26H34N2O3S/c1-18(2)28(26(30)20-6-4-5-7-20)16-25(29)27-14-12-24-22(13-15-32-24)23(27)17-31-21-10-8-19(3)9-11-21/h8-11,13,15,18,20,23H,4-7,12,14,16-17H2,1-3H3. The first kappa shape index (κ1) is 22.8. The van der Waals surface area contributed by atoms with Crippen LogP contribution in [0.4, 0.5) is 0 Å². The Hall–Kier alpha value is -2.34. The van der Waals surface area contributed by atoms with E-state index in [1.165, 1.54) is 16.0 Å². The maximum atomic E-state index is 13.5. The number of hydrogen-bond donors (Lipinski definition) is 0. The number of thiophene rings is 1. The lowest BCUT2D eigenvalue weighted by molar-refractivity contribution is -0.146. The predicted octanol–water partition coefficient (Wildman–Crippen LogP) is 4.99. The number of carbonyl (C=O) groups is 2. The Balaban J connectivity index is 1.49. The van der Waals surface area contributed by atoms with Gasteiger partial charge in [-0.15, -0.1) is 11.3 Å². The molecule has 1 fully saturated rings. The van der Waals surface area contributed by atoms with Crippen LogP contribution >= 0.6 is 11.3 Å². The smallest absolute Gasteiger partial charge is 0.242 e. The molecule has 1 aliphatic heterocycles. The third-order valence-electron chi connectivity index (χ3n) is 6.76. The van der Waals surface area contributed by atoms with Crippen molar-refractivity contribution < 1.29 is 14.3 Å². The van der Waals surface area contributed by atoms with Crippen molar-refractivity contribution in [2.24, 2.45) is 5.92 Å². The Kier molecular flexibility index (Phi) is 7.19. The van der Waals surface area contributed by atoms with Gasteiger partial charge in [0.2, 0.25) is 11.8 Å². The van der Waals surface area contributed by atoms with Crippen molar-refractivity contribution >= 4 is 23.2 Å². The van der Waals surface area contributed by atoms with Gasteiger partial charge in [-0.3, -0.25) is 9.59 Å². The Morgan fingerprint density at radius 1 is 1.16 bits per heavy atom. The van der Waals surface area contributed by atoms with Gasteiger partial charge in [-0.2, -0.15) is 0 Å². The molecule has 1 aromatic carbocycles. The summed E-state index contributed by atoms with van der Waals surface area (Å²) in [7, 11) is 0. The first-order valence-corrected chi connectivity index (χ1v) is 12.7. The van der Waals surface area contributed by atoms with Crippen LogP contribution in [0, 0.1) is 12.8 Å². The number of nitrogens with zero attached hydrogens (tertiary/aromatic N) is 2. The zero-order valence-electron chi connectivity index (χ0n) is 19.4. The van der Waals surface area contributed by atoms with E-state index in [4.69, 9.17) is 4.74 Å². The van der Waals surface area contributed by atoms with Gasteiger partial charge < -0.3 is 14.5 Å². The Labute approximate surface area is 195 Å². The van der Waals surface area contributed by atoms with Crippen LogP contribution in [0.15, 0.2) is 35.7 Å². The van der Waals surface area contributed by atoms with Crippen LogP contribution in [0.2, 0.25) is 0 Å². The zero-order chi connectivity index (χ0) is 22.7. The molecule has 2 aromatic rings. The van der Waals surface area contributed by atoms with E-state index in [9.17, 15) is 9.59 Å². The Bertz CT molecular complexity index is 931. The minimum absolute atomic E-state index is 0.0100. The van der Waals surface area contributed by atoms with Crippen LogP contribution in [0.1, 0.15) is 61.6 Å². The molecule has 1 aromatic heterocycles. The molecule has 2 amide bonds. The lowest BCUT2D eigenvalue weighted by Gasteiger charge is -2.38. The molecule has 5 nitrogen and oxygen atoms in total. The van der Waals surface area contributed by atoms with Crippen LogP contribution in [0.5, 0.6) is 5.75 Å². The summed E-state index contributed by atoms with van der Waals surface area (Å²) >= 11 is 1.75. The van der Waals surface area contributed by atoms with E-state index in [0.29, 0.717) is 13.2 Å². The van der Waals surface area contributed by atoms with Crippen LogP contribution in [-0.2, 0) is 16.0 Å². The van der Waals surface area contributed by atoms with E-state index < -0.39 is 0 Å². The topological polar surface area (TPSA) is 49.9 Å². The van der Waals surface area contributed by atoms with Crippen molar-refractivity contribution in [1.29, 1.82) is 0 Å². The average Bonchev–Trinajstić information content (AvgIpc) is 3.48. The normalized spacial score (nSPS) is 18.6. The fourth-order valence-electron chi connectivity index (χ4n) is 4.84. The van der Waals surface area contributed by atoms with Gasteiger partial charge in [-0.1, -0.05) is 30.5 Å². The van der Waals surface area contributed by atoms with E-state index >= 15 is 0 Å². The number of aryl methyl sites for hydroxylation is 1. The molecule has 1 saturated carbocycles. The molecule has 172 valence electrons. The molecular formula is C26H34N2O3S. The zero-order valence-corrected chi connectivity index (χ0v) is 20.2. The fourth-order valence-corrected chi connectivity index (χ4v) is 5.77. The van der Waals surface area contributed by atoms with E-state index in [-0.39, 0.29) is 36.4 Å². The SMILES string of the molecule is Cc1ccc(OCC2c3ccsc3CCN2C(=O)CN(C(=O)C2CCCC2)C(C)C)cc1. The van der Waals surface area contributed by atoms with Gasteiger partial charge in [0.15, 0.2) is 0 Å². The summed E-state index contributed by atoms with van der Waals surface area (Å²) in [4.78, 5) is 31.7. The highest BCUT2D eigenvalue weighted by molar-refractivity contribution is 7.10. The van der Waals surface area contributed by atoms with Gasteiger partial charge in [0, 0.05) is 23.4 Å². The van der Waals surface area contributed by atoms with E-state index in [0.717, 1.165) is 37.9 Å². The second kappa shape index (κ2) is 10.1. The summed E-state index contributed by atoms with van der Waals surface area (Å²) < 4.78 is 6.12. The molecule has 0 spiro atoms. The molecule has 0 saturated heterocycles. The number of amides is 2. The minimum atomic E-state index is -0.130. The summed E-state index contributed by atoms with van der Waals surface area (Å²) in [5, 5.41) is 2.10. The van der Waals surface area contributed by atoms with Gasteiger partial charge >= 0.3 is 0 Å². The van der Waals surface area contributed by atoms with Gasteiger partial charge in [-0.05, 0) is 69.2 Å². The Morgan fingerprint density at radius 2 is 1.88 bits per heavy atom. The maximum Gasteiger partial charge on any atom is 0.242 e. The first-order valence-electron chi connectivity index (χ1n) is 11.8. The largest absolute Gasteiger partial charge is 0.491 e. The first-order chi connectivity index (χ1) is 15.4. The number of rotatable bonds is 7. The van der Waals surface area contributed by atoms with Crippen molar-refractivity contribution in [1.82, 2.24) is 9.80 Å². The summed E-state index contributed by atoms with van der Waals surface area (Å²) in [5.74, 6) is 1.05. The predicted molar refractivity (Wildman–Crippen MR) is 128 cm³/mol. The molecular weight excluding hydrogens is 420 g/mol. The van der Waals surface area contributed by atoms with Crippen molar-refractivity contribution in [2.75, 3.05) is 19.7 Å². The molecule has 2 aliphatic rings. The number of ether oxygens (including phenoxy) is 1. The van der Waals surface area contributed by atoms with Crippen LogP contribution in [0.3, 0.4) is 0 Å².